The van der Waals surface area contributed by atoms with Gasteiger partial charge in [0.25, 0.3) is 5.69 Å². The number of anilines is 1. The maximum absolute atomic E-state index is 10.9. The summed E-state index contributed by atoms with van der Waals surface area (Å²) in [4.78, 5) is 12.8. The summed E-state index contributed by atoms with van der Waals surface area (Å²) in [5.41, 5.74) is 0.628. The Bertz CT molecular complexity index is 534. The molecule has 0 saturated heterocycles. The fraction of sp³-hybridized carbons (Fsp3) is 0.500. The third-order valence-electron chi connectivity index (χ3n) is 3.51. The maximum atomic E-state index is 10.9. The first kappa shape index (κ1) is 14.3. The molecule has 0 bridgehead atoms. The highest BCUT2D eigenvalue weighted by Gasteiger charge is 2.27. The number of benzene rings is 1. The normalized spacial score (nSPS) is 14.1. The SMILES string of the molecule is CCN(CCNc1ccc(C#N)c([N+](=O)[O-])c1)C1CC1. The van der Waals surface area contributed by atoms with Crippen molar-refractivity contribution >= 4 is 11.4 Å². The van der Waals surface area contributed by atoms with E-state index in [2.05, 4.69) is 17.1 Å². The molecule has 20 heavy (non-hydrogen) atoms. The Morgan fingerprint density at radius 3 is 2.85 bits per heavy atom. The minimum Gasteiger partial charge on any atom is -0.384 e. The first-order valence-corrected chi connectivity index (χ1v) is 6.82. The lowest BCUT2D eigenvalue weighted by Crippen LogP contribution is -2.30. The van der Waals surface area contributed by atoms with Crippen LogP contribution >= 0.6 is 0 Å². The Kier molecular flexibility index (Phi) is 4.53. The molecule has 1 N–H and O–H groups in total. The zero-order valence-corrected chi connectivity index (χ0v) is 11.5. The van der Waals surface area contributed by atoms with Gasteiger partial charge in [-0.25, -0.2) is 0 Å². The number of likely N-dealkylation sites (N-methyl/N-ethyl adjacent to an activating group) is 1. The van der Waals surface area contributed by atoms with Crippen LogP contribution in [0.1, 0.15) is 25.3 Å². The van der Waals surface area contributed by atoms with Crippen molar-refractivity contribution in [3.8, 4) is 6.07 Å². The van der Waals surface area contributed by atoms with Gasteiger partial charge in [-0.1, -0.05) is 6.92 Å². The fourth-order valence-corrected chi connectivity index (χ4v) is 2.27. The van der Waals surface area contributed by atoms with Crippen LogP contribution < -0.4 is 5.32 Å². The third-order valence-corrected chi connectivity index (χ3v) is 3.51. The minimum atomic E-state index is -0.522. The van der Waals surface area contributed by atoms with Crippen molar-refractivity contribution in [3.05, 3.63) is 33.9 Å². The van der Waals surface area contributed by atoms with Crippen molar-refractivity contribution < 1.29 is 4.92 Å². The average molecular weight is 274 g/mol. The van der Waals surface area contributed by atoms with Gasteiger partial charge in [0, 0.05) is 30.9 Å². The summed E-state index contributed by atoms with van der Waals surface area (Å²) < 4.78 is 0. The molecule has 1 aliphatic carbocycles. The second kappa shape index (κ2) is 6.35. The van der Waals surface area contributed by atoms with E-state index in [1.807, 2.05) is 6.07 Å². The van der Waals surface area contributed by atoms with Gasteiger partial charge in [-0.3, -0.25) is 15.0 Å². The molecule has 2 rings (SSSR count). The van der Waals surface area contributed by atoms with Crippen molar-refractivity contribution in [2.75, 3.05) is 25.0 Å². The van der Waals surface area contributed by atoms with Gasteiger partial charge in [0.2, 0.25) is 0 Å². The monoisotopic (exact) mass is 274 g/mol. The molecule has 1 aromatic carbocycles. The van der Waals surface area contributed by atoms with E-state index in [9.17, 15) is 10.1 Å². The van der Waals surface area contributed by atoms with E-state index < -0.39 is 4.92 Å². The number of nitrogens with zero attached hydrogens (tertiary/aromatic N) is 3. The predicted molar refractivity (Wildman–Crippen MR) is 76.6 cm³/mol. The van der Waals surface area contributed by atoms with E-state index in [0.717, 1.165) is 25.7 Å². The first-order valence-electron chi connectivity index (χ1n) is 6.82. The number of hydrogen-bond donors (Lipinski definition) is 1. The van der Waals surface area contributed by atoms with Gasteiger partial charge in [0.05, 0.1) is 4.92 Å². The van der Waals surface area contributed by atoms with Gasteiger partial charge in [-0.15, -0.1) is 0 Å². The number of rotatable bonds is 7. The standard InChI is InChI=1S/C14H18N4O2/c1-2-17(13-5-6-13)8-7-16-12-4-3-11(10-15)14(9-12)18(19)20/h3-4,9,13,16H,2,5-8H2,1H3. The first-order chi connectivity index (χ1) is 9.65. The molecule has 0 aromatic heterocycles. The fourth-order valence-electron chi connectivity index (χ4n) is 2.27. The Balaban J connectivity index is 1.94. The number of nitro benzene ring substituents is 1. The Hall–Kier alpha value is -2.13. The van der Waals surface area contributed by atoms with Crippen molar-refractivity contribution in [1.29, 1.82) is 5.26 Å². The molecule has 0 radical (unpaired) electrons. The second-order valence-corrected chi connectivity index (χ2v) is 4.89. The Labute approximate surface area is 118 Å². The molecule has 1 aromatic rings. The highest BCUT2D eigenvalue weighted by Crippen LogP contribution is 2.26. The minimum absolute atomic E-state index is 0.0914. The van der Waals surface area contributed by atoms with Gasteiger partial charge in [0.1, 0.15) is 11.6 Å². The van der Waals surface area contributed by atoms with Gasteiger partial charge in [0.15, 0.2) is 0 Å². The highest BCUT2D eigenvalue weighted by atomic mass is 16.6. The molecule has 0 unspecified atom stereocenters. The van der Waals surface area contributed by atoms with Gasteiger partial charge in [-0.2, -0.15) is 5.26 Å². The lowest BCUT2D eigenvalue weighted by Gasteiger charge is -2.20. The zero-order valence-electron chi connectivity index (χ0n) is 11.5. The largest absolute Gasteiger partial charge is 0.384 e. The van der Waals surface area contributed by atoms with E-state index in [0.29, 0.717) is 5.69 Å². The molecule has 1 fully saturated rings. The van der Waals surface area contributed by atoms with E-state index in [1.54, 1.807) is 6.07 Å². The van der Waals surface area contributed by atoms with E-state index in [4.69, 9.17) is 5.26 Å². The number of nitro groups is 1. The second-order valence-electron chi connectivity index (χ2n) is 4.89. The molecule has 0 spiro atoms. The maximum Gasteiger partial charge on any atom is 0.289 e. The van der Waals surface area contributed by atoms with E-state index in [-0.39, 0.29) is 11.3 Å². The molecule has 0 amide bonds. The Morgan fingerprint density at radius 1 is 1.55 bits per heavy atom. The number of hydrogen-bond acceptors (Lipinski definition) is 5. The summed E-state index contributed by atoms with van der Waals surface area (Å²) in [7, 11) is 0. The van der Waals surface area contributed by atoms with Crippen molar-refractivity contribution in [1.82, 2.24) is 4.90 Å². The van der Waals surface area contributed by atoms with Crippen LogP contribution in [0.4, 0.5) is 11.4 Å². The number of nitriles is 1. The molecule has 0 heterocycles. The van der Waals surface area contributed by atoms with Crippen molar-refractivity contribution in [2.24, 2.45) is 0 Å². The van der Waals surface area contributed by atoms with Crippen LogP contribution in [0, 0.1) is 21.4 Å². The topological polar surface area (TPSA) is 82.2 Å². The summed E-state index contributed by atoms with van der Waals surface area (Å²) in [6.45, 7) is 4.84. The molecule has 0 aliphatic heterocycles. The van der Waals surface area contributed by atoms with E-state index in [1.165, 1.54) is 25.0 Å². The smallest absolute Gasteiger partial charge is 0.289 e. The Morgan fingerprint density at radius 2 is 2.30 bits per heavy atom. The summed E-state index contributed by atoms with van der Waals surface area (Å²) in [6.07, 6.45) is 2.55. The quantitative estimate of drug-likeness (QED) is 0.609. The third kappa shape index (κ3) is 3.45. The molecule has 106 valence electrons. The average Bonchev–Trinajstić information content (AvgIpc) is 3.28. The molecular formula is C14H18N4O2. The zero-order chi connectivity index (χ0) is 14.5. The van der Waals surface area contributed by atoms with Crippen molar-refractivity contribution in [3.63, 3.8) is 0 Å². The van der Waals surface area contributed by atoms with Crippen LogP contribution in [-0.4, -0.2) is 35.5 Å². The summed E-state index contributed by atoms with van der Waals surface area (Å²) in [6, 6.07) is 7.17. The summed E-state index contributed by atoms with van der Waals surface area (Å²) in [5.74, 6) is 0. The van der Waals surface area contributed by atoms with Gasteiger partial charge < -0.3 is 5.32 Å². The van der Waals surface area contributed by atoms with Gasteiger partial charge >= 0.3 is 0 Å². The van der Waals surface area contributed by atoms with Crippen molar-refractivity contribution in [2.45, 2.75) is 25.8 Å². The molecule has 6 nitrogen and oxygen atoms in total. The molecule has 6 heteroatoms. The van der Waals surface area contributed by atoms with Crippen LogP contribution in [0.3, 0.4) is 0 Å². The van der Waals surface area contributed by atoms with Crippen LogP contribution in [0.15, 0.2) is 18.2 Å². The predicted octanol–water partition coefficient (Wildman–Crippen LogP) is 2.36. The lowest BCUT2D eigenvalue weighted by atomic mass is 10.2. The van der Waals surface area contributed by atoms with Crippen LogP contribution in [0.2, 0.25) is 0 Å². The highest BCUT2D eigenvalue weighted by molar-refractivity contribution is 5.59. The molecular weight excluding hydrogens is 256 g/mol. The summed E-state index contributed by atoms with van der Waals surface area (Å²) >= 11 is 0. The summed E-state index contributed by atoms with van der Waals surface area (Å²) in [5, 5.41) is 22.9. The molecule has 0 atom stereocenters. The molecule has 1 saturated carbocycles. The lowest BCUT2D eigenvalue weighted by molar-refractivity contribution is -0.385. The van der Waals surface area contributed by atoms with Crippen LogP contribution in [0.5, 0.6) is 0 Å². The molecule has 1 aliphatic rings. The van der Waals surface area contributed by atoms with Crippen LogP contribution in [-0.2, 0) is 0 Å². The van der Waals surface area contributed by atoms with Gasteiger partial charge in [-0.05, 0) is 31.5 Å². The van der Waals surface area contributed by atoms with E-state index >= 15 is 0 Å². The van der Waals surface area contributed by atoms with Crippen LogP contribution in [0.25, 0.3) is 0 Å². The number of nitrogens with one attached hydrogen (secondary N) is 1.